The average molecular weight is 397 g/mol. The molecule has 2 aromatic carbocycles. The number of ether oxygens (including phenoxy) is 2. The van der Waals surface area contributed by atoms with Gasteiger partial charge in [0, 0.05) is 32.1 Å². The average Bonchev–Trinajstić information content (AvgIpc) is 2.74. The predicted octanol–water partition coefficient (Wildman–Crippen LogP) is 3.13. The Bertz CT molecular complexity index is 758. The van der Waals surface area contributed by atoms with Crippen molar-refractivity contribution in [3.05, 3.63) is 65.7 Å². The Kier molecular flexibility index (Phi) is 8.08. The molecule has 1 unspecified atom stereocenters. The van der Waals surface area contributed by atoms with Gasteiger partial charge in [-0.1, -0.05) is 62.4 Å². The number of nitrogens with one attached hydrogen (secondary N) is 1. The Morgan fingerprint density at radius 1 is 1.07 bits per heavy atom. The number of para-hydroxylation sites is 1. The summed E-state index contributed by atoms with van der Waals surface area (Å²) < 4.78 is 11.3. The van der Waals surface area contributed by atoms with Crippen LogP contribution in [-0.4, -0.2) is 56.3 Å². The number of carbonyl (C=O) groups excluding carboxylic acids is 1. The van der Waals surface area contributed by atoms with E-state index < -0.39 is 0 Å². The lowest BCUT2D eigenvalue weighted by Crippen LogP contribution is -2.51. The largest absolute Gasteiger partial charge is 0.483 e. The third kappa shape index (κ3) is 6.58. The Labute approximate surface area is 174 Å². The summed E-state index contributed by atoms with van der Waals surface area (Å²) >= 11 is 0. The topological polar surface area (TPSA) is 50.8 Å². The van der Waals surface area contributed by atoms with Crippen molar-refractivity contribution in [2.45, 2.75) is 26.3 Å². The molecular formula is C24H32N2O3. The van der Waals surface area contributed by atoms with E-state index in [0.29, 0.717) is 18.5 Å². The SMILES string of the molecule is CC(C)C(CNC(=O)COc1ccccc1Cc1ccccc1)N1CCOCC1. The van der Waals surface area contributed by atoms with Crippen LogP contribution in [0.15, 0.2) is 54.6 Å². The van der Waals surface area contributed by atoms with Gasteiger partial charge < -0.3 is 14.8 Å². The first-order valence-corrected chi connectivity index (χ1v) is 10.5. The molecule has 5 nitrogen and oxygen atoms in total. The molecule has 1 fully saturated rings. The Hall–Kier alpha value is -2.37. The number of morpholine rings is 1. The van der Waals surface area contributed by atoms with Crippen LogP contribution in [0.3, 0.4) is 0 Å². The van der Waals surface area contributed by atoms with E-state index in [1.807, 2.05) is 42.5 Å². The zero-order valence-electron chi connectivity index (χ0n) is 17.5. The number of hydrogen-bond donors (Lipinski definition) is 1. The Morgan fingerprint density at radius 3 is 2.48 bits per heavy atom. The first-order valence-electron chi connectivity index (χ1n) is 10.5. The second-order valence-corrected chi connectivity index (χ2v) is 7.82. The molecule has 156 valence electrons. The lowest BCUT2D eigenvalue weighted by atomic mass is 10.0. The van der Waals surface area contributed by atoms with Gasteiger partial charge >= 0.3 is 0 Å². The first-order chi connectivity index (χ1) is 14.1. The zero-order chi connectivity index (χ0) is 20.5. The van der Waals surface area contributed by atoms with E-state index in [-0.39, 0.29) is 12.5 Å². The van der Waals surface area contributed by atoms with Crippen LogP contribution in [0.5, 0.6) is 5.75 Å². The molecule has 1 N–H and O–H groups in total. The summed E-state index contributed by atoms with van der Waals surface area (Å²) in [4.78, 5) is 14.8. The molecule has 1 atom stereocenters. The fourth-order valence-corrected chi connectivity index (χ4v) is 3.71. The van der Waals surface area contributed by atoms with Gasteiger partial charge in [-0.05, 0) is 23.1 Å². The molecule has 0 aromatic heterocycles. The van der Waals surface area contributed by atoms with E-state index >= 15 is 0 Å². The van der Waals surface area contributed by atoms with Crippen LogP contribution >= 0.6 is 0 Å². The van der Waals surface area contributed by atoms with Gasteiger partial charge in [-0.25, -0.2) is 0 Å². The fraction of sp³-hybridized carbons (Fsp3) is 0.458. The van der Waals surface area contributed by atoms with Gasteiger partial charge in [0.15, 0.2) is 6.61 Å². The van der Waals surface area contributed by atoms with Gasteiger partial charge in [0.25, 0.3) is 5.91 Å². The lowest BCUT2D eigenvalue weighted by Gasteiger charge is -2.36. The molecule has 2 aromatic rings. The number of benzene rings is 2. The van der Waals surface area contributed by atoms with E-state index in [9.17, 15) is 4.79 Å². The molecule has 0 saturated carbocycles. The molecule has 0 radical (unpaired) electrons. The number of rotatable bonds is 9. The van der Waals surface area contributed by atoms with Crippen LogP contribution in [-0.2, 0) is 16.0 Å². The van der Waals surface area contributed by atoms with Gasteiger partial charge in [0.2, 0.25) is 0 Å². The Balaban J connectivity index is 1.51. The predicted molar refractivity (Wildman–Crippen MR) is 115 cm³/mol. The maximum absolute atomic E-state index is 12.4. The summed E-state index contributed by atoms with van der Waals surface area (Å²) in [6.07, 6.45) is 0.783. The quantitative estimate of drug-likeness (QED) is 0.708. The van der Waals surface area contributed by atoms with Gasteiger partial charge in [0.05, 0.1) is 13.2 Å². The molecule has 0 bridgehead atoms. The highest BCUT2D eigenvalue weighted by atomic mass is 16.5. The van der Waals surface area contributed by atoms with E-state index in [1.54, 1.807) is 0 Å². The van der Waals surface area contributed by atoms with Crippen LogP contribution in [0.1, 0.15) is 25.0 Å². The van der Waals surface area contributed by atoms with Crippen molar-refractivity contribution in [2.24, 2.45) is 5.92 Å². The molecule has 3 rings (SSSR count). The molecule has 5 heteroatoms. The number of carbonyl (C=O) groups is 1. The second-order valence-electron chi connectivity index (χ2n) is 7.82. The van der Waals surface area contributed by atoms with Crippen molar-refractivity contribution >= 4 is 5.91 Å². The number of nitrogens with zero attached hydrogens (tertiary/aromatic N) is 1. The minimum absolute atomic E-state index is 0.0275. The van der Waals surface area contributed by atoms with E-state index in [1.165, 1.54) is 5.56 Å². The highest BCUT2D eigenvalue weighted by molar-refractivity contribution is 5.77. The monoisotopic (exact) mass is 396 g/mol. The highest BCUT2D eigenvalue weighted by Gasteiger charge is 2.24. The summed E-state index contributed by atoms with van der Waals surface area (Å²) in [6, 6.07) is 18.5. The molecule has 1 aliphatic heterocycles. The molecule has 1 heterocycles. The molecule has 0 aliphatic carbocycles. The maximum Gasteiger partial charge on any atom is 0.257 e. The zero-order valence-corrected chi connectivity index (χ0v) is 17.5. The van der Waals surface area contributed by atoms with Crippen molar-refractivity contribution in [3.8, 4) is 5.75 Å². The molecular weight excluding hydrogens is 364 g/mol. The van der Waals surface area contributed by atoms with Crippen molar-refractivity contribution in [3.63, 3.8) is 0 Å². The molecule has 29 heavy (non-hydrogen) atoms. The van der Waals surface area contributed by atoms with Gasteiger partial charge in [0.1, 0.15) is 5.75 Å². The molecule has 1 amide bonds. The fourth-order valence-electron chi connectivity index (χ4n) is 3.71. The normalized spacial score (nSPS) is 15.8. The molecule has 0 spiro atoms. The molecule has 1 saturated heterocycles. The van der Waals surface area contributed by atoms with Gasteiger partial charge in [-0.3, -0.25) is 9.69 Å². The first kappa shape index (κ1) is 21.3. The van der Waals surface area contributed by atoms with Crippen molar-refractivity contribution in [2.75, 3.05) is 39.5 Å². The third-order valence-corrected chi connectivity index (χ3v) is 5.36. The standard InChI is InChI=1S/C24H32N2O3/c1-19(2)22(26-12-14-28-15-13-26)17-25-24(27)18-29-23-11-7-6-10-21(23)16-20-8-4-3-5-9-20/h3-11,19,22H,12-18H2,1-2H3,(H,25,27). The second kappa shape index (κ2) is 11.0. The minimum atomic E-state index is -0.0848. The maximum atomic E-state index is 12.4. The summed E-state index contributed by atoms with van der Waals surface area (Å²) in [5.74, 6) is 1.14. The summed E-state index contributed by atoms with van der Waals surface area (Å²) in [5.41, 5.74) is 2.30. The third-order valence-electron chi connectivity index (χ3n) is 5.36. The molecule has 1 aliphatic rings. The van der Waals surface area contributed by atoms with Crippen LogP contribution in [0.25, 0.3) is 0 Å². The highest BCUT2D eigenvalue weighted by Crippen LogP contribution is 2.21. The van der Waals surface area contributed by atoms with Gasteiger partial charge in [-0.2, -0.15) is 0 Å². The van der Waals surface area contributed by atoms with E-state index in [0.717, 1.165) is 44.0 Å². The van der Waals surface area contributed by atoms with Crippen molar-refractivity contribution in [1.29, 1.82) is 0 Å². The van der Waals surface area contributed by atoms with Crippen molar-refractivity contribution in [1.82, 2.24) is 10.2 Å². The van der Waals surface area contributed by atoms with Crippen LogP contribution in [0.2, 0.25) is 0 Å². The van der Waals surface area contributed by atoms with Crippen LogP contribution in [0.4, 0.5) is 0 Å². The van der Waals surface area contributed by atoms with E-state index in [4.69, 9.17) is 9.47 Å². The van der Waals surface area contributed by atoms with Crippen LogP contribution in [0, 0.1) is 5.92 Å². The smallest absolute Gasteiger partial charge is 0.257 e. The van der Waals surface area contributed by atoms with Gasteiger partial charge in [-0.15, -0.1) is 0 Å². The summed E-state index contributed by atoms with van der Waals surface area (Å²) in [5, 5.41) is 3.05. The lowest BCUT2D eigenvalue weighted by molar-refractivity contribution is -0.123. The summed E-state index contributed by atoms with van der Waals surface area (Å²) in [7, 11) is 0. The van der Waals surface area contributed by atoms with Crippen molar-refractivity contribution < 1.29 is 14.3 Å². The van der Waals surface area contributed by atoms with Crippen LogP contribution < -0.4 is 10.1 Å². The number of amides is 1. The van der Waals surface area contributed by atoms with E-state index in [2.05, 4.69) is 36.2 Å². The minimum Gasteiger partial charge on any atom is -0.483 e. The Morgan fingerprint density at radius 2 is 1.76 bits per heavy atom. The summed E-state index contributed by atoms with van der Waals surface area (Å²) in [6.45, 7) is 8.41. The number of hydrogen-bond acceptors (Lipinski definition) is 4.